The molecule has 0 fully saturated rings. The van der Waals surface area contributed by atoms with E-state index >= 15 is 0 Å². The highest BCUT2D eigenvalue weighted by Crippen LogP contribution is 2.50. The lowest BCUT2D eigenvalue weighted by molar-refractivity contribution is 0.476. The number of benzene rings is 5. The van der Waals surface area contributed by atoms with Crippen LogP contribution in [0.25, 0.3) is 55.2 Å². The number of ether oxygens (including phenoxy) is 1. The molecule has 0 N–H and O–H groups in total. The normalized spacial score (nSPS) is 12.2. The zero-order valence-electron chi connectivity index (χ0n) is 23.4. The first kappa shape index (κ1) is 24.5. The molecule has 0 saturated heterocycles. The Morgan fingerprint density at radius 1 is 0.455 bits per heavy atom. The number of aromatic nitrogens is 4. The van der Waals surface area contributed by atoms with Crippen LogP contribution in [-0.2, 0) is 0 Å². The molecule has 0 unspecified atom stereocenters. The fraction of sp³-hybridized carbons (Fsp3) is 0. The lowest BCUT2D eigenvalue weighted by Gasteiger charge is -2.32. The van der Waals surface area contributed by atoms with Gasteiger partial charge in [0.2, 0.25) is 0 Å². The molecule has 0 atom stereocenters. The van der Waals surface area contributed by atoms with Crippen LogP contribution in [-0.4, -0.2) is 19.9 Å². The summed E-state index contributed by atoms with van der Waals surface area (Å²) < 4.78 is 6.25. The standard InChI is InChI=1S/C38H23N5O/c1-2-9-24(10-3-1)25-11-8-12-26(23-25)29-19-17-27-35-36(40-22-21-39-35)28-18-20-34(42-38(28)37(27)41-29)43-30-13-4-6-15-32(30)44-33-16-7-5-14-31(33)43/h1-23H. The molecule has 0 amide bonds. The van der Waals surface area contributed by atoms with Crippen molar-refractivity contribution in [3.63, 3.8) is 0 Å². The lowest BCUT2D eigenvalue weighted by Crippen LogP contribution is -2.16. The van der Waals surface area contributed by atoms with Crippen LogP contribution in [0.1, 0.15) is 0 Å². The van der Waals surface area contributed by atoms with Crippen molar-refractivity contribution in [2.24, 2.45) is 0 Å². The van der Waals surface area contributed by atoms with Crippen LogP contribution in [0.4, 0.5) is 17.2 Å². The van der Waals surface area contributed by atoms with E-state index in [2.05, 4.69) is 83.8 Å². The molecular weight excluding hydrogens is 542 g/mol. The summed E-state index contributed by atoms with van der Waals surface area (Å²) in [5.74, 6) is 2.32. The summed E-state index contributed by atoms with van der Waals surface area (Å²) in [4.78, 5) is 22.2. The molecule has 9 rings (SSSR count). The Morgan fingerprint density at radius 3 is 1.77 bits per heavy atom. The second-order valence-corrected chi connectivity index (χ2v) is 10.7. The maximum atomic E-state index is 6.25. The molecular formula is C38H23N5O. The van der Waals surface area contributed by atoms with Gasteiger partial charge < -0.3 is 4.74 Å². The van der Waals surface area contributed by atoms with Crippen molar-refractivity contribution in [2.75, 3.05) is 4.90 Å². The SMILES string of the molecule is c1ccc(-c2cccc(-c3ccc4c5nccnc5c5ccc(N6c7ccccc7Oc7ccccc76)nc5c4n3)c2)cc1. The van der Waals surface area contributed by atoms with Crippen molar-refractivity contribution >= 4 is 50.0 Å². The summed E-state index contributed by atoms with van der Waals surface area (Å²) in [6.07, 6.45) is 3.46. The number of rotatable bonds is 3. The minimum atomic E-state index is 0.767. The van der Waals surface area contributed by atoms with Crippen LogP contribution in [0, 0.1) is 0 Å². The topological polar surface area (TPSA) is 64.0 Å². The highest BCUT2D eigenvalue weighted by atomic mass is 16.5. The van der Waals surface area contributed by atoms with Gasteiger partial charge in [-0.3, -0.25) is 14.9 Å². The van der Waals surface area contributed by atoms with Gasteiger partial charge in [0.1, 0.15) is 11.3 Å². The summed E-state index contributed by atoms with van der Waals surface area (Å²) in [5, 5.41) is 1.82. The second-order valence-electron chi connectivity index (χ2n) is 10.7. The van der Waals surface area contributed by atoms with E-state index in [0.717, 1.165) is 78.4 Å². The van der Waals surface area contributed by atoms with E-state index in [1.165, 1.54) is 5.56 Å². The molecule has 3 aromatic heterocycles. The molecule has 6 nitrogen and oxygen atoms in total. The second kappa shape index (κ2) is 9.71. The Kier molecular flexibility index (Phi) is 5.40. The molecule has 0 saturated carbocycles. The first-order valence-corrected chi connectivity index (χ1v) is 14.5. The fourth-order valence-corrected chi connectivity index (χ4v) is 6.11. The van der Waals surface area contributed by atoms with E-state index in [-0.39, 0.29) is 0 Å². The highest BCUT2D eigenvalue weighted by molar-refractivity contribution is 6.21. The van der Waals surface area contributed by atoms with Gasteiger partial charge in [-0.1, -0.05) is 72.8 Å². The van der Waals surface area contributed by atoms with Crippen molar-refractivity contribution in [1.29, 1.82) is 0 Å². The van der Waals surface area contributed by atoms with Crippen molar-refractivity contribution < 1.29 is 4.74 Å². The van der Waals surface area contributed by atoms with Gasteiger partial charge in [0.25, 0.3) is 0 Å². The van der Waals surface area contributed by atoms with E-state index in [4.69, 9.17) is 24.7 Å². The number of anilines is 3. The Bertz CT molecular complexity index is 2340. The van der Waals surface area contributed by atoms with Gasteiger partial charge in [0, 0.05) is 28.7 Å². The molecule has 0 spiro atoms. The zero-order chi connectivity index (χ0) is 29.0. The maximum Gasteiger partial charge on any atom is 0.151 e. The summed E-state index contributed by atoms with van der Waals surface area (Å²) in [5.41, 5.74) is 9.23. The minimum absolute atomic E-state index is 0.767. The third-order valence-corrected chi connectivity index (χ3v) is 8.14. The lowest BCUT2D eigenvalue weighted by atomic mass is 10.0. The Morgan fingerprint density at radius 2 is 1.05 bits per heavy atom. The molecule has 0 bridgehead atoms. The Balaban J connectivity index is 1.29. The van der Waals surface area contributed by atoms with E-state index in [9.17, 15) is 0 Å². The molecule has 206 valence electrons. The van der Waals surface area contributed by atoms with Crippen LogP contribution in [0.5, 0.6) is 11.5 Å². The average molecular weight is 566 g/mol. The molecule has 1 aliphatic heterocycles. The highest BCUT2D eigenvalue weighted by Gasteiger charge is 2.27. The van der Waals surface area contributed by atoms with Crippen LogP contribution >= 0.6 is 0 Å². The van der Waals surface area contributed by atoms with Crippen LogP contribution in [0.15, 0.2) is 140 Å². The number of hydrogen-bond donors (Lipinski definition) is 0. The largest absolute Gasteiger partial charge is 0.453 e. The molecule has 0 radical (unpaired) electrons. The van der Waals surface area contributed by atoms with Crippen molar-refractivity contribution in [1.82, 2.24) is 19.9 Å². The summed E-state index contributed by atoms with van der Waals surface area (Å²) >= 11 is 0. The van der Waals surface area contributed by atoms with Crippen LogP contribution < -0.4 is 9.64 Å². The van der Waals surface area contributed by atoms with Gasteiger partial charge in [-0.05, 0) is 65.7 Å². The number of nitrogens with zero attached hydrogens (tertiary/aromatic N) is 5. The fourth-order valence-electron chi connectivity index (χ4n) is 6.11. The van der Waals surface area contributed by atoms with Crippen molar-refractivity contribution in [3.8, 4) is 33.9 Å². The molecule has 5 aromatic carbocycles. The number of pyridine rings is 2. The van der Waals surface area contributed by atoms with Gasteiger partial charge in [-0.15, -0.1) is 0 Å². The van der Waals surface area contributed by atoms with Gasteiger partial charge in [-0.2, -0.15) is 0 Å². The smallest absolute Gasteiger partial charge is 0.151 e. The van der Waals surface area contributed by atoms with E-state index in [1.807, 2.05) is 48.5 Å². The van der Waals surface area contributed by atoms with Crippen LogP contribution in [0.2, 0.25) is 0 Å². The summed E-state index contributed by atoms with van der Waals surface area (Å²) in [6.45, 7) is 0. The summed E-state index contributed by atoms with van der Waals surface area (Å²) in [6, 6.07) is 43.2. The van der Waals surface area contributed by atoms with Gasteiger partial charge >= 0.3 is 0 Å². The minimum Gasteiger partial charge on any atom is -0.453 e. The van der Waals surface area contributed by atoms with Crippen LogP contribution in [0.3, 0.4) is 0 Å². The Labute approximate surface area is 252 Å². The number of hydrogen-bond acceptors (Lipinski definition) is 6. The monoisotopic (exact) mass is 565 g/mol. The molecule has 6 heteroatoms. The van der Waals surface area contributed by atoms with E-state index in [1.54, 1.807) is 12.4 Å². The zero-order valence-corrected chi connectivity index (χ0v) is 23.4. The molecule has 8 aromatic rings. The first-order valence-electron chi connectivity index (χ1n) is 14.5. The van der Waals surface area contributed by atoms with Gasteiger partial charge in [0.05, 0.1) is 33.6 Å². The number of fused-ring (bicyclic) bond motifs is 8. The predicted molar refractivity (Wildman–Crippen MR) is 176 cm³/mol. The summed E-state index contributed by atoms with van der Waals surface area (Å²) in [7, 11) is 0. The van der Waals surface area contributed by atoms with E-state index < -0.39 is 0 Å². The predicted octanol–water partition coefficient (Wildman–Crippen LogP) is 9.64. The maximum absolute atomic E-state index is 6.25. The molecule has 1 aliphatic rings. The van der Waals surface area contributed by atoms with Crippen molar-refractivity contribution in [2.45, 2.75) is 0 Å². The molecule has 0 aliphatic carbocycles. The third kappa shape index (κ3) is 3.82. The average Bonchev–Trinajstić information content (AvgIpc) is 3.10. The van der Waals surface area contributed by atoms with Crippen molar-refractivity contribution in [3.05, 3.63) is 140 Å². The molecule has 4 heterocycles. The van der Waals surface area contributed by atoms with Gasteiger partial charge in [-0.25, -0.2) is 9.97 Å². The third-order valence-electron chi connectivity index (χ3n) is 8.14. The first-order chi connectivity index (χ1) is 21.8. The van der Waals surface area contributed by atoms with E-state index in [0.29, 0.717) is 0 Å². The number of para-hydroxylation sites is 4. The molecule has 44 heavy (non-hydrogen) atoms. The quantitative estimate of drug-likeness (QED) is 0.199. The Hall–Kier alpha value is -6.14. The van der Waals surface area contributed by atoms with Gasteiger partial charge in [0.15, 0.2) is 11.5 Å².